The molecule has 9 heteroatoms. The topological polar surface area (TPSA) is 110 Å². The van der Waals surface area contributed by atoms with Gasteiger partial charge in [0, 0.05) is 0 Å². The molecule has 0 fully saturated rings. The van der Waals surface area contributed by atoms with Crippen molar-refractivity contribution < 1.29 is 9.85 Å². The van der Waals surface area contributed by atoms with E-state index in [1.807, 2.05) is 13.0 Å². The normalized spacial score (nSPS) is 16.0. The molecule has 0 radical (unpaired) electrons. The van der Waals surface area contributed by atoms with Gasteiger partial charge in [0.1, 0.15) is 6.08 Å². The summed E-state index contributed by atoms with van der Waals surface area (Å²) in [7, 11) is 0. The highest BCUT2D eigenvalue weighted by atomic mass is 35.5. The second kappa shape index (κ2) is 5.17. The van der Waals surface area contributed by atoms with E-state index in [2.05, 4.69) is 10.6 Å². The fourth-order valence-electron chi connectivity index (χ4n) is 1.68. The molecular formula is C11H9ClN4O4. The number of benzene rings is 1. The Morgan fingerprint density at radius 3 is 2.45 bits per heavy atom. The Bertz CT molecular complexity index is 668. The van der Waals surface area contributed by atoms with Crippen molar-refractivity contribution in [3.8, 4) is 0 Å². The lowest BCUT2D eigenvalue weighted by Crippen LogP contribution is -2.10. The molecular weight excluding hydrogens is 288 g/mol. The molecule has 20 heavy (non-hydrogen) atoms. The second-order valence-electron chi connectivity index (χ2n) is 4.04. The van der Waals surface area contributed by atoms with Gasteiger partial charge in [-0.3, -0.25) is 20.2 Å². The van der Waals surface area contributed by atoms with Crippen LogP contribution in [0.25, 0.3) is 0 Å². The standard InChI is InChI=1S/C11H9ClN4O4/c1-6-2-3-7-8(4-6)14-11(13-7)9(15(17)18)5-10(12)16(19)20/h2-5,13-14H,1H3. The molecule has 8 nitrogen and oxygen atoms in total. The highest BCUT2D eigenvalue weighted by Gasteiger charge is 2.26. The zero-order chi connectivity index (χ0) is 14.9. The Balaban J connectivity index is 2.43. The van der Waals surface area contributed by atoms with E-state index in [4.69, 9.17) is 11.6 Å². The predicted molar refractivity (Wildman–Crippen MR) is 73.4 cm³/mol. The Morgan fingerprint density at radius 2 is 1.85 bits per heavy atom. The van der Waals surface area contributed by atoms with E-state index in [0.717, 1.165) is 5.56 Å². The van der Waals surface area contributed by atoms with Gasteiger partial charge < -0.3 is 10.6 Å². The molecule has 104 valence electrons. The molecule has 0 unspecified atom stereocenters. The summed E-state index contributed by atoms with van der Waals surface area (Å²) in [5.74, 6) is 0.0376. The SMILES string of the molecule is Cc1ccc2c(c1)NC(=C(C=C(Cl)[N+](=O)[O-])[N+](=O)[O-])N2. The van der Waals surface area contributed by atoms with Crippen LogP contribution in [-0.2, 0) is 0 Å². The minimum atomic E-state index is -0.905. The summed E-state index contributed by atoms with van der Waals surface area (Å²) in [6.07, 6.45) is 0.690. The van der Waals surface area contributed by atoms with Crippen LogP contribution in [0.5, 0.6) is 0 Å². The Kier molecular flexibility index (Phi) is 3.57. The highest BCUT2D eigenvalue weighted by molar-refractivity contribution is 6.28. The number of anilines is 2. The largest absolute Gasteiger partial charge is 0.344 e. The zero-order valence-electron chi connectivity index (χ0n) is 10.2. The Hall–Kier alpha value is -2.61. The summed E-state index contributed by atoms with van der Waals surface area (Å²) in [6.45, 7) is 1.88. The van der Waals surface area contributed by atoms with E-state index in [1.54, 1.807) is 12.1 Å². The van der Waals surface area contributed by atoms with Crippen LogP contribution < -0.4 is 10.6 Å². The van der Waals surface area contributed by atoms with Crippen LogP contribution >= 0.6 is 11.6 Å². The summed E-state index contributed by atoms with van der Waals surface area (Å²) in [5.41, 5.74) is 1.77. The van der Waals surface area contributed by atoms with Crippen LogP contribution in [0.1, 0.15) is 5.56 Å². The summed E-state index contributed by atoms with van der Waals surface area (Å²) >= 11 is 5.34. The van der Waals surface area contributed by atoms with E-state index in [-0.39, 0.29) is 5.82 Å². The lowest BCUT2D eigenvalue weighted by atomic mass is 10.2. The van der Waals surface area contributed by atoms with Gasteiger partial charge in [0.15, 0.2) is 5.82 Å². The number of nitrogens with zero attached hydrogens (tertiary/aromatic N) is 2. The Morgan fingerprint density at radius 1 is 1.20 bits per heavy atom. The molecule has 1 aromatic carbocycles. The lowest BCUT2D eigenvalue weighted by Gasteiger charge is -1.99. The van der Waals surface area contributed by atoms with Gasteiger partial charge in [-0.1, -0.05) is 6.07 Å². The molecule has 1 aliphatic heterocycles. The van der Waals surface area contributed by atoms with Crippen LogP contribution in [-0.4, -0.2) is 9.85 Å². The average Bonchev–Trinajstić information content (AvgIpc) is 2.77. The fourth-order valence-corrected chi connectivity index (χ4v) is 1.78. The van der Waals surface area contributed by atoms with Crippen molar-refractivity contribution in [3.63, 3.8) is 0 Å². The number of halogens is 1. The number of aryl methyl sites for hydroxylation is 1. The minimum absolute atomic E-state index is 0.0376. The monoisotopic (exact) mass is 296 g/mol. The number of hydrogen-bond donors (Lipinski definition) is 2. The number of hydrogen-bond acceptors (Lipinski definition) is 6. The minimum Gasteiger partial charge on any atom is -0.334 e. The van der Waals surface area contributed by atoms with Crippen LogP contribution in [0.15, 0.2) is 40.9 Å². The van der Waals surface area contributed by atoms with Gasteiger partial charge in [-0.25, -0.2) is 0 Å². The zero-order valence-corrected chi connectivity index (χ0v) is 11.0. The summed E-state index contributed by atoms with van der Waals surface area (Å²) in [4.78, 5) is 19.8. The first-order valence-electron chi connectivity index (χ1n) is 5.43. The van der Waals surface area contributed by atoms with E-state index >= 15 is 0 Å². The summed E-state index contributed by atoms with van der Waals surface area (Å²) < 4.78 is 0. The van der Waals surface area contributed by atoms with Crippen LogP contribution in [0.3, 0.4) is 0 Å². The first kappa shape index (κ1) is 13.8. The molecule has 0 saturated heterocycles. The molecule has 2 N–H and O–H groups in total. The molecule has 0 aliphatic carbocycles. The average molecular weight is 297 g/mol. The summed E-state index contributed by atoms with van der Waals surface area (Å²) in [5, 5.41) is 26.2. The molecule has 1 aromatic rings. The van der Waals surface area contributed by atoms with Crippen molar-refractivity contribution in [1.82, 2.24) is 0 Å². The third kappa shape index (κ3) is 2.69. The third-order valence-electron chi connectivity index (χ3n) is 2.58. The molecule has 2 rings (SSSR count). The number of nitrogens with one attached hydrogen (secondary N) is 2. The van der Waals surface area contributed by atoms with Gasteiger partial charge in [0.2, 0.25) is 0 Å². The number of allylic oxidation sites excluding steroid dienone is 1. The van der Waals surface area contributed by atoms with Gasteiger partial charge in [-0.15, -0.1) is 0 Å². The van der Waals surface area contributed by atoms with E-state index in [1.165, 1.54) is 0 Å². The maximum Gasteiger partial charge on any atom is 0.344 e. The van der Waals surface area contributed by atoms with E-state index in [0.29, 0.717) is 17.5 Å². The molecule has 0 amide bonds. The molecule has 1 aliphatic rings. The van der Waals surface area contributed by atoms with Gasteiger partial charge in [0.05, 0.1) is 21.2 Å². The molecule has 0 bridgehead atoms. The van der Waals surface area contributed by atoms with Crippen molar-refractivity contribution in [2.45, 2.75) is 6.92 Å². The van der Waals surface area contributed by atoms with E-state index in [9.17, 15) is 20.2 Å². The molecule has 0 spiro atoms. The summed E-state index contributed by atoms with van der Waals surface area (Å²) in [6, 6.07) is 5.38. The maximum absolute atomic E-state index is 11.0. The quantitative estimate of drug-likeness (QED) is 0.504. The van der Waals surface area contributed by atoms with Gasteiger partial charge in [-0.05, 0) is 36.2 Å². The van der Waals surface area contributed by atoms with Crippen molar-refractivity contribution in [3.05, 3.63) is 66.7 Å². The smallest absolute Gasteiger partial charge is 0.334 e. The second-order valence-corrected chi connectivity index (χ2v) is 4.43. The molecule has 0 saturated carbocycles. The number of nitro groups is 2. The predicted octanol–water partition coefficient (Wildman–Crippen LogP) is 2.64. The van der Waals surface area contributed by atoms with Gasteiger partial charge in [-0.2, -0.15) is 0 Å². The van der Waals surface area contributed by atoms with Gasteiger partial charge in [0.25, 0.3) is 0 Å². The molecule has 1 heterocycles. The molecule has 0 atom stereocenters. The number of fused-ring (bicyclic) bond motifs is 1. The maximum atomic E-state index is 11.0. The Labute approximate surface area is 118 Å². The van der Waals surface area contributed by atoms with E-state index < -0.39 is 20.7 Å². The van der Waals surface area contributed by atoms with Crippen molar-refractivity contribution >= 4 is 23.0 Å². The van der Waals surface area contributed by atoms with Crippen molar-refractivity contribution in [2.24, 2.45) is 0 Å². The first-order valence-corrected chi connectivity index (χ1v) is 5.81. The molecule has 0 aromatic heterocycles. The fraction of sp³-hybridized carbons (Fsp3) is 0.0909. The lowest BCUT2D eigenvalue weighted by molar-refractivity contribution is -0.428. The van der Waals surface area contributed by atoms with Crippen molar-refractivity contribution in [2.75, 3.05) is 10.6 Å². The van der Waals surface area contributed by atoms with Crippen LogP contribution in [0.4, 0.5) is 11.4 Å². The third-order valence-corrected chi connectivity index (χ3v) is 2.82. The van der Waals surface area contributed by atoms with Gasteiger partial charge >= 0.3 is 10.9 Å². The van der Waals surface area contributed by atoms with Crippen LogP contribution in [0, 0.1) is 27.2 Å². The van der Waals surface area contributed by atoms with Crippen LogP contribution in [0.2, 0.25) is 0 Å². The number of rotatable bonds is 3. The first-order chi connectivity index (χ1) is 9.38. The van der Waals surface area contributed by atoms with Crippen molar-refractivity contribution in [1.29, 1.82) is 0 Å². The highest BCUT2D eigenvalue weighted by Crippen LogP contribution is 2.32.